The van der Waals surface area contributed by atoms with Crippen molar-refractivity contribution in [2.75, 3.05) is 39.5 Å². The van der Waals surface area contributed by atoms with Crippen molar-refractivity contribution >= 4 is 17.3 Å². The second-order valence-electron chi connectivity index (χ2n) is 4.17. The van der Waals surface area contributed by atoms with E-state index < -0.39 is 0 Å². The number of hydrogen-bond donors (Lipinski definition) is 1. The van der Waals surface area contributed by atoms with Gasteiger partial charge in [-0.3, -0.25) is 0 Å². The third-order valence-corrected chi connectivity index (χ3v) is 3.26. The lowest BCUT2D eigenvalue weighted by atomic mass is 10.2. The minimum atomic E-state index is 0.139. The van der Waals surface area contributed by atoms with E-state index in [0.717, 1.165) is 18.7 Å². The highest BCUT2D eigenvalue weighted by molar-refractivity contribution is 6.32. The predicted molar refractivity (Wildman–Crippen MR) is 73.4 cm³/mol. The Morgan fingerprint density at radius 1 is 1.32 bits per heavy atom. The van der Waals surface area contributed by atoms with Gasteiger partial charge in [0.15, 0.2) is 0 Å². The van der Waals surface area contributed by atoms with Crippen molar-refractivity contribution in [1.82, 2.24) is 0 Å². The number of benzene rings is 1. The average molecular weight is 288 g/mol. The number of nitrogens with one attached hydrogen (secondary N) is 1. The fourth-order valence-corrected chi connectivity index (χ4v) is 2.12. The maximum absolute atomic E-state index is 6.06. The van der Waals surface area contributed by atoms with Crippen molar-refractivity contribution < 1.29 is 18.9 Å². The first-order valence-electron chi connectivity index (χ1n) is 6.09. The summed E-state index contributed by atoms with van der Waals surface area (Å²) in [6, 6.07) is 3.55. The van der Waals surface area contributed by atoms with E-state index in [1.54, 1.807) is 20.3 Å². The third-order valence-electron chi connectivity index (χ3n) is 2.97. The minimum Gasteiger partial charge on any atom is -0.495 e. The Labute approximate surface area is 117 Å². The standard InChI is InChI=1S/C13H18ClNO4/c1-16-12-6-11(13(17-2)5-10(12)14)15-7-9-3-4-18-8-19-9/h5-6,9,15H,3-4,7-8H2,1-2H3. The molecule has 106 valence electrons. The number of rotatable bonds is 5. The van der Waals surface area contributed by atoms with E-state index in [2.05, 4.69) is 5.32 Å². The largest absolute Gasteiger partial charge is 0.495 e. The van der Waals surface area contributed by atoms with Crippen LogP contribution in [0.1, 0.15) is 6.42 Å². The van der Waals surface area contributed by atoms with Gasteiger partial charge in [0.05, 0.1) is 37.6 Å². The summed E-state index contributed by atoms with van der Waals surface area (Å²) in [5.41, 5.74) is 0.832. The number of halogens is 1. The van der Waals surface area contributed by atoms with Crippen LogP contribution in [0.5, 0.6) is 11.5 Å². The molecule has 1 saturated heterocycles. The van der Waals surface area contributed by atoms with E-state index in [9.17, 15) is 0 Å². The Morgan fingerprint density at radius 3 is 2.74 bits per heavy atom. The summed E-state index contributed by atoms with van der Waals surface area (Å²) < 4.78 is 21.1. The van der Waals surface area contributed by atoms with Gasteiger partial charge in [-0.1, -0.05) is 11.6 Å². The van der Waals surface area contributed by atoms with Gasteiger partial charge >= 0.3 is 0 Å². The van der Waals surface area contributed by atoms with Crippen molar-refractivity contribution in [2.24, 2.45) is 0 Å². The molecule has 5 nitrogen and oxygen atoms in total. The van der Waals surface area contributed by atoms with Crippen LogP contribution in [0.3, 0.4) is 0 Å². The quantitative estimate of drug-likeness (QED) is 0.902. The van der Waals surface area contributed by atoms with Crippen molar-refractivity contribution in [1.29, 1.82) is 0 Å². The lowest BCUT2D eigenvalue weighted by molar-refractivity contribution is -0.133. The topological polar surface area (TPSA) is 49.0 Å². The van der Waals surface area contributed by atoms with Gasteiger partial charge in [0, 0.05) is 18.7 Å². The molecule has 1 fully saturated rings. The van der Waals surface area contributed by atoms with E-state index in [-0.39, 0.29) is 6.10 Å². The van der Waals surface area contributed by atoms with Crippen LogP contribution in [-0.2, 0) is 9.47 Å². The maximum Gasteiger partial charge on any atom is 0.147 e. The van der Waals surface area contributed by atoms with E-state index in [4.69, 9.17) is 30.5 Å². The maximum atomic E-state index is 6.06. The van der Waals surface area contributed by atoms with Crippen LogP contribution in [0, 0.1) is 0 Å². The van der Waals surface area contributed by atoms with Gasteiger partial charge in [-0.15, -0.1) is 0 Å². The van der Waals surface area contributed by atoms with Crippen molar-refractivity contribution in [3.8, 4) is 11.5 Å². The van der Waals surface area contributed by atoms with Gasteiger partial charge in [0.2, 0.25) is 0 Å². The van der Waals surface area contributed by atoms with E-state index in [1.165, 1.54) is 0 Å². The zero-order valence-electron chi connectivity index (χ0n) is 11.1. The van der Waals surface area contributed by atoms with Gasteiger partial charge in [-0.25, -0.2) is 0 Å². The smallest absolute Gasteiger partial charge is 0.147 e. The van der Waals surface area contributed by atoms with Crippen LogP contribution < -0.4 is 14.8 Å². The zero-order valence-corrected chi connectivity index (χ0v) is 11.8. The van der Waals surface area contributed by atoms with E-state index in [0.29, 0.717) is 29.9 Å². The fraction of sp³-hybridized carbons (Fsp3) is 0.538. The summed E-state index contributed by atoms with van der Waals surface area (Å²) in [5, 5.41) is 3.81. The molecule has 0 aromatic heterocycles. The summed E-state index contributed by atoms with van der Waals surface area (Å²) in [4.78, 5) is 0. The first-order chi connectivity index (χ1) is 9.24. The lowest BCUT2D eigenvalue weighted by Gasteiger charge is -2.24. The summed E-state index contributed by atoms with van der Waals surface area (Å²) in [5.74, 6) is 1.29. The highest BCUT2D eigenvalue weighted by Crippen LogP contribution is 2.35. The van der Waals surface area contributed by atoms with E-state index >= 15 is 0 Å². The Kier molecular flexibility index (Phi) is 5.13. The van der Waals surface area contributed by atoms with Crippen molar-refractivity contribution in [3.05, 3.63) is 17.2 Å². The number of methoxy groups -OCH3 is 2. The normalized spacial score (nSPS) is 19.0. The molecule has 1 aromatic carbocycles. The molecule has 0 bridgehead atoms. The molecule has 0 spiro atoms. The van der Waals surface area contributed by atoms with Crippen molar-refractivity contribution in [2.45, 2.75) is 12.5 Å². The highest BCUT2D eigenvalue weighted by Gasteiger charge is 2.15. The predicted octanol–water partition coefficient (Wildman–Crippen LogP) is 2.53. The van der Waals surface area contributed by atoms with Gasteiger partial charge in [-0.05, 0) is 6.42 Å². The van der Waals surface area contributed by atoms with Gasteiger partial charge in [-0.2, -0.15) is 0 Å². The molecule has 1 aliphatic heterocycles. The number of hydrogen-bond acceptors (Lipinski definition) is 5. The molecule has 1 N–H and O–H groups in total. The first kappa shape index (κ1) is 14.2. The summed E-state index contributed by atoms with van der Waals surface area (Å²) >= 11 is 6.06. The molecule has 1 heterocycles. The molecular weight excluding hydrogens is 270 g/mol. The molecule has 1 unspecified atom stereocenters. The molecule has 0 radical (unpaired) electrons. The zero-order chi connectivity index (χ0) is 13.7. The third kappa shape index (κ3) is 3.65. The number of anilines is 1. The van der Waals surface area contributed by atoms with Crippen LogP contribution in [0.15, 0.2) is 12.1 Å². The molecule has 1 aliphatic rings. The first-order valence-corrected chi connectivity index (χ1v) is 6.47. The molecular formula is C13H18ClNO4. The molecule has 1 aromatic rings. The molecule has 0 saturated carbocycles. The minimum absolute atomic E-state index is 0.139. The fourth-order valence-electron chi connectivity index (χ4n) is 1.88. The number of ether oxygens (including phenoxy) is 4. The molecule has 6 heteroatoms. The monoisotopic (exact) mass is 287 g/mol. The van der Waals surface area contributed by atoms with Crippen LogP contribution >= 0.6 is 11.6 Å². The molecule has 0 amide bonds. The molecule has 1 atom stereocenters. The van der Waals surface area contributed by atoms with E-state index in [1.807, 2.05) is 6.07 Å². The SMILES string of the molecule is COc1cc(NCC2CCOCO2)c(OC)cc1Cl. The summed E-state index contributed by atoms with van der Waals surface area (Å²) in [6.45, 7) is 1.77. The van der Waals surface area contributed by atoms with Crippen molar-refractivity contribution in [3.63, 3.8) is 0 Å². The second kappa shape index (κ2) is 6.84. The Hall–Kier alpha value is -1.17. The van der Waals surface area contributed by atoms with Crippen LogP contribution in [0.25, 0.3) is 0 Å². The van der Waals surface area contributed by atoms with Gasteiger partial charge in [0.25, 0.3) is 0 Å². The summed E-state index contributed by atoms with van der Waals surface area (Å²) in [6.07, 6.45) is 1.01. The Morgan fingerprint density at radius 2 is 2.11 bits per heavy atom. The second-order valence-corrected chi connectivity index (χ2v) is 4.58. The van der Waals surface area contributed by atoms with Gasteiger partial charge in [0.1, 0.15) is 18.3 Å². The lowest BCUT2D eigenvalue weighted by Crippen LogP contribution is -2.30. The van der Waals surface area contributed by atoms with Crippen LogP contribution in [-0.4, -0.2) is 40.3 Å². The summed E-state index contributed by atoms with van der Waals surface area (Å²) in [7, 11) is 3.19. The Bertz CT molecular complexity index is 421. The molecule has 2 rings (SSSR count). The van der Waals surface area contributed by atoms with Crippen LogP contribution in [0.2, 0.25) is 5.02 Å². The van der Waals surface area contributed by atoms with Gasteiger partial charge < -0.3 is 24.3 Å². The molecule has 19 heavy (non-hydrogen) atoms. The highest BCUT2D eigenvalue weighted by atomic mass is 35.5. The average Bonchev–Trinajstić information content (AvgIpc) is 2.46. The van der Waals surface area contributed by atoms with Crippen LogP contribution in [0.4, 0.5) is 5.69 Å². The molecule has 0 aliphatic carbocycles. The Balaban J connectivity index is 2.05.